The molecule has 4 nitrogen and oxygen atoms in total. The number of benzene rings is 1. The van der Waals surface area contributed by atoms with Crippen molar-refractivity contribution in [1.82, 2.24) is 4.98 Å². The van der Waals surface area contributed by atoms with E-state index in [1.54, 1.807) is 6.92 Å². The van der Waals surface area contributed by atoms with E-state index in [2.05, 4.69) is 9.72 Å². The summed E-state index contributed by atoms with van der Waals surface area (Å²) >= 11 is 0. The number of nitrogens with one attached hydrogen (secondary N) is 1. The summed E-state index contributed by atoms with van der Waals surface area (Å²) in [5.74, 6) is -3.30. The van der Waals surface area contributed by atoms with Crippen LogP contribution in [0.2, 0.25) is 0 Å². The van der Waals surface area contributed by atoms with Crippen LogP contribution in [-0.2, 0) is 11.2 Å². The number of carboxylic acids is 1. The van der Waals surface area contributed by atoms with Gasteiger partial charge in [-0.1, -0.05) is 0 Å². The van der Waals surface area contributed by atoms with Gasteiger partial charge in [-0.25, -0.2) is 8.78 Å². The smallest absolute Gasteiger partial charge is 0.307 e. The van der Waals surface area contributed by atoms with Crippen LogP contribution >= 0.6 is 0 Å². The van der Waals surface area contributed by atoms with Gasteiger partial charge < -0.3 is 14.8 Å². The summed E-state index contributed by atoms with van der Waals surface area (Å²) in [7, 11) is 1.16. The van der Waals surface area contributed by atoms with Crippen molar-refractivity contribution in [3.8, 4) is 5.75 Å². The first-order valence-corrected chi connectivity index (χ1v) is 5.20. The average molecular weight is 255 g/mol. The van der Waals surface area contributed by atoms with E-state index in [4.69, 9.17) is 5.11 Å². The lowest BCUT2D eigenvalue weighted by atomic mass is 10.1. The summed E-state index contributed by atoms with van der Waals surface area (Å²) in [6.45, 7) is 1.61. The molecule has 0 fully saturated rings. The van der Waals surface area contributed by atoms with Crippen molar-refractivity contribution in [1.29, 1.82) is 0 Å². The molecule has 0 saturated heterocycles. The van der Waals surface area contributed by atoms with Crippen LogP contribution in [0.4, 0.5) is 8.78 Å². The molecule has 0 radical (unpaired) electrons. The Morgan fingerprint density at radius 2 is 2.17 bits per heavy atom. The Bertz CT molecular complexity index is 634. The highest BCUT2D eigenvalue weighted by Crippen LogP contribution is 2.33. The van der Waals surface area contributed by atoms with Crippen molar-refractivity contribution in [2.45, 2.75) is 13.3 Å². The van der Waals surface area contributed by atoms with Crippen LogP contribution in [0.25, 0.3) is 10.9 Å². The molecule has 1 aromatic carbocycles. The fraction of sp³-hybridized carbons (Fsp3) is 0.250. The molecular formula is C12H11F2NO3. The minimum absolute atomic E-state index is 0.0631. The second kappa shape index (κ2) is 4.29. The van der Waals surface area contributed by atoms with Crippen molar-refractivity contribution < 1.29 is 23.4 Å². The standard InChI is InChI=1S/C12H11F2NO3/c1-5-6(3-9(16)17)10-8(15-5)4-7(13)12(18-2)11(10)14/h4,15H,3H2,1-2H3,(H,16,17). The largest absolute Gasteiger partial charge is 0.491 e. The number of aromatic nitrogens is 1. The number of methoxy groups -OCH3 is 1. The second-order valence-electron chi connectivity index (χ2n) is 3.93. The number of aryl methyl sites for hydroxylation is 1. The third-order valence-electron chi connectivity index (χ3n) is 2.78. The summed E-state index contributed by atoms with van der Waals surface area (Å²) in [5, 5.41) is 8.86. The number of fused-ring (bicyclic) bond motifs is 1. The molecular weight excluding hydrogens is 244 g/mol. The number of ether oxygens (including phenoxy) is 1. The lowest BCUT2D eigenvalue weighted by molar-refractivity contribution is -0.136. The van der Waals surface area contributed by atoms with E-state index in [0.717, 1.165) is 13.2 Å². The van der Waals surface area contributed by atoms with E-state index in [1.165, 1.54) is 0 Å². The van der Waals surface area contributed by atoms with E-state index < -0.39 is 23.4 Å². The predicted octanol–water partition coefficient (Wildman–Crippen LogP) is 2.39. The minimum Gasteiger partial charge on any atom is -0.491 e. The van der Waals surface area contributed by atoms with Gasteiger partial charge in [-0.05, 0) is 12.5 Å². The Morgan fingerprint density at radius 1 is 1.50 bits per heavy atom. The zero-order chi connectivity index (χ0) is 13.4. The maximum Gasteiger partial charge on any atom is 0.307 e. The molecule has 2 N–H and O–H groups in total. The first kappa shape index (κ1) is 12.3. The molecule has 0 aliphatic heterocycles. The molecule has 0 atom stereocenters. The summed E-state index contributed by atoms with van der Waals surface area (Å²) in [5.41, 5.74) is 1.02. The highest BCUT2D eigenvalue weighted by molar-refractivity contribution is 5.90. The number of hydrogen-bond acceptors (Lipinski definition) is 2. The maximum atomic E-state index is 14.1. The van der Waals surface area contributed by atoms with E-state index in [0.29, 0.717) is 11.3 Å². The lowest BCUT2D eigenvalue weighted by Gasteiger charge is -2.05. The topological polar surface area (TPSA) is 62.3 Å². The number of halogens is 2. The molecule has 2 aromatic rings. The Kier molecular flexibility index (Phi) is 2.94. The van der Waals surface area contributed by atoms with Gasteiger partial charge >= 0.3 is 5.97 Å². The number of hydrogen-bond donors (Lipinski definition) is 2. The van der Waals surface area contributed by atoms with Crippen LogP contribution in [-0.4, -0.2) is 23.2 Å². The lowest BCUT2D eigenvalue weighted by Crippen LogP contribution is -2.02. The van der Waals surface area contributed by atoms with Crippen LogP contribution in [0.15, 0.2) is 6.07 Å². The van der Waals surface area contributed by atoms with Gasteiger partial charge in [0, 0.05) is 17.1 Å². The van der Waals surface area contributed by atoms with Gasteiger partial charge in [-0.15, -0.1) is 0 Å². The van der Waals surface area contributed by atoms with Crippen LogP contribution in [0, 0.1) is 18.6 Å². The Balaban J connectivity index is 2.79. The molecule has 96 valence electrons. The second-order valence-corrected chi connectivity index (χ2v) is 3.93. The average Bonchev–Trinajstić information content (AvgIpc) is 2.55. The molecule has 0 aliphatic rings. The van der Waals surface area contributed by atoms with Crippen LogP contribution in [0.1, 0.15) is 11.3 Å². The molecule has 0 amide bonds. The summed E-state index contributed by atoms with van der Waals surface area (Å²) in [6, 6.07) is 1.09. The fourth-order valence-corrected chi connectivity index (χ4v) is 2.02. The molecule has 0 saturated carbocycles. The maximum absolute atomic E-state index is 14.1. The Labute approximate surface area is 101 Å². The first-order chi connectivity index (χ1) is 8.45. The molecule has 1 heterocycles. The van der Waals surface area contributed by atoms with Gasteiger partial charge in [0.2, 0.25) is 0 Å². The number of carboxylic acid groups (broad SMARTS) is 1. The number of aliphatic carboxylic acids is 1. The van der Waals surface area contributed by atoms with Crippen molar-refractivity contribution in [2.24, 2.45) is 0 Å². The van der Waals surface area contributed by atoms with E-state index in [9.17, 15) is 13.6 Å². The van der Waals surface area contributed by atoms with E-state index >= 15 is 0 Å². The molecule has 6 heteroatoms. The summed E-state index contributed by atoms with van der Waals surface area (Å²) < 4.78 is 32.2. The molecule has 0 spiro atoms. The van der Waals surface area contributed by atoms with Gasteiger partial charge in [-0.3, -0.25) is 4.79 Å². The number of carbonyl (C=O) groups is 1. The first-order valence-electron chi connectivity index (χ1n) is 5.20. The zero-order valence-corrected chi connectivity index (χ0v) is 9.80. The monoisotopic (exact) mass is 255 g/mol. The van der Waals surface area contributed by atoms with Crippen molar-refractivity contribution in [3.05, 3.63) is 29.0 Å². The van der Waals surface area contributed by atoms with Gasteiger partial charge in [0.1, 0.15) is 0 Å². The Morgan fingerprint density at radius 3 is 2.72 bits per heavy atom. The molecule has 0 bridgehead atoms. The minimum atomic E-state index is -1.08. The molecule has 0 aliphatic carbocycles. The molecule has 18 heavy (non-hydrogen) atoms. The third-order valence-corrected chi connectivity index (χ3v) is 2.78. The zero-order valence-electron chi connectivity index (χ0n) is 9.80. The highest BCUT2D eigenvalue weighted by atomic mass is 19.1. The molecule has 0 unspecified atom stereocenters. The van der Waals surface area contributed by atoms with Crippen LogP contribution in [0.3, 0.4) is 0 Å². The normalized spacial score (nSPS) is 10.9. The quantitative estimate of drug-likeness (QED) is 0.885. The van der Waals surface area contributed by atoms with Crippen molar-refractivity contribution >= 4 is 16.9 Å². The van der Waals surface area contributed by atoms with E-state index in [-0.39, 0.29) is 17.3 Å². The molecule has 2 rings (SSSR count). The summed E-state index contributed by atoms with van der Waals surface area (Å²) in [6.07, 6.45) is -0.336. The van der Waals surface area contributed by atoms with Crippen molar-refractivity contribution in [2.75, 3.05) is 7.11 Å². The summed E-state index contributed by atoms with van der Waals surface area (Å²) in [4.78, 5) is 13.5. The van der Waals surface area contributed by atoms with Crippen molar-refractivity contribution in [3.63, 3.8) is 0 Å². The Hall–Kier alpha value is -2.11. The highest BCUT2D eigenvalue weighted by Gasteiger charge is 2.21. The third kappa shape index (κ3) is 1.79. The van der Waals surface area contributed by atoms with E-state index in [1.807, 2.05) is 0 Å². The number of rotatable bonds is 3. The number of H-pyrrole nitrogens is 1. The number of aromatic amines is 1. The van der Waals surface area contributed by atoms with Crippen LogP contribution < -0.4 is 4.74 Å². The van der Waals surface area contributed by atoms with Gasteiger partial charge in [-0.2, -0.15) is 0 Å². The SMILES string of the molecule is COc1c(F)cc2[nH]c(C)c(CC(=O)O)c2c1F. The van der Waals surface area contributed by atoms with Gasteiger partial charge in [0.15, 0.2) is 17.4 Å². The fourth-order valence-electron chi connectivity index (χ4n) is 2.02. The predicted molar refractivity (Wildman–Crippen MR) is 60.8 cm³/mol. The molecule has 1 aromatic heterocycles. The van der Waals surface area contributed by atoms with Crippen LogP contribution in [0.5, 0.6) is 5.75 Å². The van der Waals surface area contributed by atoms with Gasteiger partial charge in [0.05, 0.1) is 19.0 Å². The van der Waals surface area contributed by atoms with Gasteiger partial charge in [0.25, 0.3) is 0 Å².